The third-order valence-corrected chi connectivity index (χ3v) is 4.10. The summed E-state index contributed by atoms with van der Waals surface area (Å²) in [6.45, 7) is 7.45. The number of nitrogens with one attached hydrogen (secondary N) is 1. The molecule has 1 aliphatic rings. The molecule has 0 spiro atoms. The van der Waals surface area contributed by atoms with Gasteiger partial charge >= 0.3 is 0 Å². The fraction of sp³-hybridized carbons (Fsp3) is 0.571. The second kappa shape index (κ2) is 5.37. The van der Waals surface area contributed by atoms with E-state index in [9.17, 15) is 0 Å². The van der Waals surface area contributed by atoms with Crippen molar-refractivity contribution in [2.75, 3.05) is 31.6 Å². The average Bonchev–Trinajstić information content (AvgIpc) is 2.39. The molecule has 1 heterocycles. The van der Waals surface area contributed by atoms with Gasteiger partial charge in [0.15, 0.2) is 0 Å². The number of ether oxygens (including phenoxy) is 1. The molecule has 0 amide bonds. The van der Waals surface area contributed by atoms with Gasteiger partial charge in [0.25, 0.3) is 0 Å². The van der Waals surface area contributed by atoms with Crippen LogP contribution >= 0.6 is 11.6 Å². The van der Waals surface area contributed by atoms with Crippen LogP contribution in [0, 0.1) is 0 Å². The Labute approximate surface area is 114 Å². The van der Waals surface area contributed by atoms with Crippen molar-refractivity contribution in [3.63, 3.8) is 0 Å². The van der Waals surface area contributed by atoms with Gasteiger partial charge in [-0.1, -0.05) is 18.5 Å². The van der Waals surface area contributed by atoms with Gasteiger partial charge in [-0.3, -0.25) is 0 Å². The van der Waals surface area contributed by atoms with Gasteiger partial charge in [0.1, 0.15) is 5.75 Å². The molecule has 0 bridgehead atoms. The maximum atomic E-state index is 6.13. The number of halogens is 1. The smallest absolute Gasteiger partial charge is 0.142 e. The molecule has 1 atom stereocenters. The van der Waals surface area contributed by atoms with Gasteiger partial charge in [-0.2, -0.15) is 0 Å². The molecule has 2 rings (SSSR count). The summed E-state index contributed by atoms with van der Waals surface area (Å²) in [4.78, 5) is 2.41. The minimum Gasteiger partial charge on any atom is -0.495 e. The zero-order valence-corrected chi connectivity index (χ0v) is 12.0. The molecule has 0 aliphatic carbocycles. The van der Waals surface area contributed by atoms with Crippen molar-refractivity contribution < 1.29 is 4.74 Å². The Morgan fingerprint density at radius 3 is 2.94 bits per heavy atom. The third-order valence-electron chi connectivity index (χ3n) is 3.86. The van der Waals surface area contributed by atoms with Crippen LogP contribution in [0.1, 0.15) is 20.3 Å². The first kappa shape index (κ1) is 13.5. The van der Waals surface area contributed by atoms with Gasteiger partial charge in [0.05, 0.1) is 12.8 Å². The average molecular weight is 269 g/mol. The highest BCUT2D eigenvalue weighted by atomic mass is 35.5. The molecule has 3 nitrogen and oxygen atoms in total. The van der Waals surface area contributed by atoms with Crippen molar-refractivity contribution in [3.8, 4) is 5.75 Å². The van der Waals surface area contributed by atoms with Crippen LogP contribution in [0.2, 0.25) is 5.02 Å². The molecule has 1 N–H and O–H groups in total. The van der Waals surface area contributed by atoms with E-state index >= 15 is 0 Å². The monoisotopic (exact) mass is 268 g/mol. The van der Waals surface area contributed by atoms with Crippen molar-refractivity contribution in [1.29, 1.82) is 0 Å². The number of benzene rings is 1. The normalized spacial score (nSPS) is 24.1. The molecular weight excluding hydrogens is 248 g/mol. The number of hydrogen-bond acceptors (Lipinski definition) is 3. The van der Waals surface area contributed by atoms with E-state index in [1.165, 1.54) is 0 Å². The predicted molar refractivity (Wildman–Crippen MR) is 76.9 cm³/mol. The lowest BCUT2D eigenvalue weighted by Gasteiger charge is -2.46. The van der Waals surface area contributed by atoms with Gasteiger partial charge in [-0.05, 0) is 31.5 Å². The highest BCUT2D eigenvalue weighted by Gasteiger charge is 2.34. The summed E-state index contributed by atoms with van der Waals surface area (Å²) in [5.74, 6) is 0.890. The van der Waals surface area contributed by atoms with Crippen molar-refractivity contribution in [2.24, 2.45) is 0 Å². The van der Waals surface area contributed by atoms with Crippen LogP contribution in [0.3, 0.4) is 0 Å². The third kappa shape index (κ3) is 2.43. The van der Waals surface area contributed by atoms with Gasteiger partial charge in [0.2, 0.25) is 0 Å². The minimum atomic E-state index is 0.107. The summed E-state index contributed by atoms with van der Waals surface area (Å²) in [5.41, 5.74) is 1.20. The fourth-order valence-electron chi connectivity index (χ4n) is 2.52. The summed E-state index contributed by atoms with van der Waals surface area (Å²) in [6, 6.07) is 5.81. The van der Waals surface area contributed by atoms with E-state index in [0.29, 0.717) is 0 Å². The topological polar surface area (TPSA) is 24.5 Å². The zero-order chi connectivity index (χ0) is 13.2. The van der Waals surface area contributed by atoms with Crippen LogP contribution in [0.15, 0.2) is 18.2 Å². The van der Waals surface area contributed by atoms with Gasteiger partial charge in [-0.15, -0.1) is 0 Å². The zero-order valence-electron chi connectivity index (χ0n) is 11.3. The second-order valence-electron chi connectivity index (χ2n) is 5.00. The van der Waals surface area contributed by atoms with Crippen LogP contribution in [-0.2, 0) is 0 Å². The lowest BCUT2D eigenvalue weighted by Crippen LogP contribution is -2.59. The Balaban J connectivity index is 2.42. The number of methoxy groups -OCH3 is 1. The SMILES string of the molecule is CCC1(C)CNCCN1c1cc(Cl)ccc1OC. The van der Waals surface area contributed by atoms with E-state index in [1.54, 1.807) is 7.11 Å². The van der Waals surface area contributed by atoms with E-state index < -0.39 is 0 Å². The largest absolute Gasteiger partial charge is 0.495 e. The molecule has 4 heteroatoms. The van der Waals surface area contributed by atoms with Gasteiger partial charge < -0.3 is 15.0 Å². The van der Waals surface area contributed by atoms with Gasteiger partial charge in [0, 0.05) is 30.2 Å². The number of nitrogens with zero attached hydrogens (tertiary/aromatic N) is 1. The summed E-state index contributed by atoms with van der Waals surface area (Å²) < 4.78 is 5.47. The predicted octanol–water partition coefficient (Wildman–Crippen LogP) is 2.93. The Bertz CT molecular complexity index is 424. The summed E-state index contributed by atoms with van der Waals surface area (Å²) >= 11 is 6.13. The first-order valence-electron chi connectivity index (χ1n) is 6.42. The molecule has 1 aliphatic heterocycles. The van der Waals surface area contributed by atoms with Crippen LogP contribution in [0.4, 0.5) is 5.69 Å². The van der Waals surface area contributed by atoms with Crippen molar-refractivity contribution in [2.45, 2.75) is 25.8 Å². The first-order chi connectivity index (χ1) is 8.60. The Morgan fingerprint density at radius 2 is 2.28 bits per heavy atom. The maximum Gasteiger partial charge on any atom is 0.142 e. The number of anilines is 1. The molecule has 1 aromatic carbocycles. The molecule has 0 aromatic heterocycles. The summed E-state index contributed by atoms with van der Waals surface area (Å²) in [6.07, 6.45) is 1.08. The molecule has 0 radical (unpaired) electrons. The van der Waals surface area contributed by atoms with E-state index in [4.69, 9.17) is 16.3 Å². The first-order valence-corrected chi connectivity index (χ1v) is 6.80. The Hall–Kier alpha value is -0.930. The molecule has 1 aromatic rings. The molecule has 0 saturated carbocycles. The van der Waals surface area contributed by atoms with E-state index in [2.05, 4.69) is 24.1 Å². The van der Waals surface area contributed by atoms with E-state index in [-0.39, 0.29) is 5.54 Å². The van der Waals surface area contributed by atoms with Crippen LogP contribution < -0.4 is 15.0 Å². The van der Waals surface area contributed by atoms with Crippen LogP contribution in [-0.4, -0.2) is 32.3 Å². The fourth-order valence-corrected chi connectivity index (χ4v) is 2.68. The minimum absolute atomic E-state index is 0.107. The van der Waals surface area contributed by atoms with Crippen LogP contribution in [0.25, 0.3) is 0 Å². The summed E-state index contributed by atoms with van der Waals surface area (Å²) in [5, 5.41) is 4.22. The molecule has 1 saturated heterocycles. The Morgan fingerprint density at radius 1 is 1.50 bits per heavy atom. The van der Waals surface area contributed by atoms with E-state index in [0.717, 1.165) is 42.5 Å². The second-order valence-corrected chi connectivity index (χ2v) is 5.43. The lowest BCUT2D eigenvalue weighted by atomic mass is 9.93. The standard InChI is InChI=1S/C14H21ClN2O/c1-4-14(2)10-16-7-8-17(14)12-9-11(15)5-6-13(12)18-3/h5-6,9,16H,4,7-8,10H2,1-3H3. The number of piperazine rings is 1. The summed E-state index contributed by atoms with van der Waals surface area (Å²) in [7, 11) is 1.71. The molecule has 1 fully saturated rings. The molecule has 18 heavy (non-hydrogen) atoms. The Kier molecular flexibility index (Phi) is 4.03. The van der Waals surface area contributed by atoms with Crippen molar-refractivity contribution in [1.82, 2.24) is 5.32 Å². The highest BCUT2D eigenvalue weighted by Crippen LogP contribution is 2.36. The number of hydrogen-bond donors (Lipinski definition) is 1. The van der Waals surface area contributed by atoms with Crippen molar-refractivity contribution in [3.05, 3.63) is 23.2 Å². The molecular formula is C14H21ClN2O. The number of rotatable bonds is 3. The highest BCUT2D eigenvalue weighted by molar-refractivity contribution is 6.30. The van der Waals surface area contributed by atoms with Gasteiger partial charge in [-0.25, -0.2) is 0 Å². The molecule has 1 unspecified atom stereocenters. The van der Waals surface area contributed by atoms with Crippen LogP contribution in [0.5, 0.6) is 5.75 Å². The lowest BCUT2D eigenvalue weighted by molar-refractivity contribution is 0.335. The quantitative estimate of drug-likeness (QED) is 0.912. The van der Waals surface area contributed by atoms with Crippen molar-refractivity contribution >= 4 is 17.3 Å². The van der Waals surface area contributed by atoms with E-state index in [1.807, 2.05) is 18.2 Å². The maximum absolute atomic E-state index is 6.13. The molecule has 100 valence electrons.